The van der Waals surface area contributed by atoms with E-state index >= 15 is 0 Å². The van der Waals surface area contributed by atoms with Gasteiger partial charge in [-0.25, -0.2) is 0 Å². The molecule has 2 aromatic carbocycles. The first kappa shape index (κ1) is 16.5. The maximum Gasteiger partial charge on any atom is 0.416 e. The summed E-state index contributed by atoms with van der Waals surface area (Å²) in [7, 11) is 0. The Labute approximate surface area is 122 Å². The molecule has 0 aliphatic carbocycles. The predicted octanol–water partition coefficient (Wildman–Crippen LogP) is 4.81. The van der Waals surface area contributed by atoms with Crippen LogP contribution in [0.15, 0.2) is 48.5 Å². The Kier molecular flexibility index (Phi) is 5.20. The summed E-state index contributed by atoms with van der Waals surface area (Å²) in [5, 5.41) is 0. The topological polar surface area (TPSA) is 26.0 Å². The van der Waals surface area contributed by atoms with Crippen LogP contribution in [0, 0.1) is 0 Å². The van der Waals surface area contributed by atoms with Gasteiger partial charge in [-0.1, -0.05) is 30.3 Å². The largest absolute Gasteiger partial charge is 0.416 e. The van der Waals surface area contributed by atoms with Crippen LogP contribution in [0.2, 0.25) is 0 Å². The fraction of sp³-hybridized carbons (Fsp3) is 0.200. The van der Waals surface area contributed by atoms with Crippen molar-refractivity contribution in [1.29, 1.82) is 0 Å². The first-order chi connectivity index (χ1) is 8.88. The molecular weight excluding hydrogens is 287 g/mol. The van der Waals surface area contributed by atoms with Gasteiger partial charge in [0.05, 0.1) is 5.56 Å². The summed E-state index contributed by atoms with van der Waals surface area (Å²) in [4.78, 5) is 0. The summed E-state index contributed by atoms with van der Waals surface area (Å²) in [6.45, 7) is 1.87. The minimum Gasteiger partial charge on any atom is -0.324 e. The van der Waals surface area contributed by atoms with Gasteiger partial charge in [-0.05, 0) is 41.8 Å². The highest BCUT2D eigenvalue weighted by molar-refractivity contribution is 5.85. The first-order valence-electron chi connectivity index (χ1n) is 5.91. The molecule has 0 spiro atoms. The van der Waals surface area contributed by atoms with Crippen molar-refractivity contribution in [2.24, 2.45) is 5.73 Å². The summed E-state index contributed by atoms with van der Waals surface area (Å²) in [5.74, 6) is 0. The van der Waals surface area contributed by atoms with Crippen molar-refractivity contribution < 1.29 is 13.2 Å². The van der Waals surface area contributed by atoms with Gasteiger partial charge < -0.3 is 5.73 Å². The Hall–Kier alpha value is -1.52. The molecule has 5 heteroatoms. The zero-order valence-electron chi connectivity index (χ0n) is 10.8. The average molecular weight is 302 g/mol. The zero-order valence-corrected chi connectivity index (χ0v) is 11.6. The molecule has 2 aromatic rings. The van der Waals surface area contributed by atoms with Gasteiger partial charge in [0.25, 0.3) is 0 Å². The van der Waals surface area contributed by atoms with Gasteiger partial charge in [0, 0.05) is 6.04 Å². The molecule has 0 aliphatic rings. The third-order valence-corrected chi connectivity index (χ3v) is 2.96. The standard InChI is InChI=1S/C15H14F3N.ClH/c1-10(19)12-3-2-4-13(9-12)11-5-7-14(8-6-11)15(16,17)18;/h2-10H,19H2,1H3;1H/t10-;/m0./s1. The van der Waals surface area contributed by atoms with Crippen LogP contribution in [0.4, 0.5) is 13.2 Å². The number of rotatable bonds is 2. The Balaban J connectivity index is 0.00000200. The van der Waals surface area contributed by atoms with Gasteiger partial charge in [0.1, 0.15) is 0 Å². The van der Waals surface area contributed by atoms with Crippen molar-refractivity contribution in [1.82, 2.24) is 0 Å². The zero-order chi connectivity index (χ0) is 14.0. The molecule has 2 rings (SSSR count). The molecule has 0 saturated heterocycles. The van der Waals surface area contributed by atoms with Gasteiger partial charge in [-0.15, -0.1) is 12.4 Å². The van der Waals surface area contributed by atoms with Crippen LogP contribution in [-0.2, 0) is 6.18 Å². The predicted molar refractivity (Wildman–Crippen MR) is 76.7 cm³/mol. The maximum atomic E-state index is 12.5. The molecule has 0 amide bonds. The molecular formula is C15H15ClF3N. The van der Waals surface area contributed by atoms with Crippen LogP contribution in [0.1, 0.15) is 24.1 Å². The highest BCUT2D eigenvalue weighted by atomic mass is 35.5. The summed E-state index contributed by atoms with van der Waals surface area (Å²) in [6.07, 6.45) is -4.30. The molecule has 0 unspecified atom stereocenters. The molecule has 1 nitrogen and oxygen atoms in total. The van der Waals surface area contributed by atoms with E-state index in [2.05, 4.69) is 0 Å². The fourth-order valence-corrected chi connectivity index (χ4v) is 1.85. The molecule has 20 heavy (non-hydrogen) atoms. The second-order valence-electron chi connectivity index (χ2n) is 4.49. The van der Waals surface area contributed by atoms with Gasteiger partial charge >= 0.3 is 6.18 Å². The lowest BCUT2D eigenvalue weighted by molar-refractivity contribution is -0.137. The normalized spacial score (nSPS) is 12.7. The lowest BCUT2D eigenvalue weighted by Gasteiger charge is -2.10. The minimum atomic E-state index is -4.30. The van der Waals surface area contributed by atoms with Crippen molar-refractivity contribution in [3.05, 3.63) is 59.7 Å². The Morgan fingerprint density at radius 2 is 1.55 bits per heavy atom. The van der Waals surface area contributed by atoms with Crippen LogP contribution in [-0.4, -0.2) is 0 Å². The summed E-state index contributed by atoms with van der Waals surface area (Å²) >= 11 is 0. The third-order valence-electron chi connectivity index (χ3n) is 2.96. The van der Waals surface area contributed by atoms with Crippen molar-refractivity contribution in [3.63, 3.8) is 0 Å². The molecule has 1 atom stereocenters. The highest BCUT2D eigenvalue weighted by Crippen LogP contribution is 2.31. The smallest absolute Gasteiger partial charge is 0.324 e. The van der Waals surface area contributed by atoms with Gasteiger partial charge in [-0.2, -0.15) is 13.2 Å². The maximum absolute atomic E-state index is 12.5. The Morgan fingerprint density at radius 3 is 2.05 bits per heavy atom. The summed E-state index contributed by atoms with van der Waals surface area (Å²) in [6, 6.07) is 12.5. The van der Waals surface area contributed by atoms with Crippen LogP contribution >= 0.6 is 12.4 Å². The van der Waals surface area contributed by atoms with E-state index < -0.39 is 11.7 Å². The van der Waals surface area contributed by atoms with E-state index in [4.69, 9.17) is 5.73 Å². The van der Waals surface area contributed by atoms with Crippen LogP contribution in [0.5, 0.6) is 0 Å². The number of halogens is 4. The minimum absolute atomic E-state index is 0. The SMILES string of the molecule is C[C@H](N)c1cccc(-c2ccc(C(F)(F)F)cc2)c1.Cl. The lowest BCUT2D eigenvalue weighted by atomic mass is 9.99. The number of hydrogen-bond donors (Lipinski definition) is 1. The fourth-order valence-electron chi connectivity index (χ4n) is 1.85. The number of nitrogens with two attached hydrogens (primary N) is 1. The molecule has 2 N–H and O–H groups in total. The van der Waals surface area contributed by atoms with E-state index in [-0.39, 0.29) is 18.4 Å². The first-order valence-corrected chi connectivity index (χ1v) is 5.91. The van der Waals surface area contributed by atoms with Crippen LogP contribution in [0.3, 0.4) is 0 Å². The summed E-state index contributed by atoms with van der Waals surface area (Å²) in [5.41, 5.74) is 7.72. The van der Waals surface area contributed by atoms with E-state index in [1.165, 1.54) is 12.1 Å². The van der Waals surface area contributed by atoms with Gasteiger partial charge in [-0.3, -0.25) is 0 Å². The Bertz CT molecular complexity index is 562. The van der Waals surface area contributed by atoms with Gasteiger partial charge in [0.15, 0.2) is 0 Å². The van der Waals surface area contributed by atoms with Crippen LogP contribution in [0.25, 0.3) is 11.1 Å². The summed E-state index contributed by atoms with van der Waals surface area (Å²) < 4.78 is 37.4. The van der Waals surface area contributed by atoms with Crippen LogP contribution < -0.4 is 5.73 Å². The number of alkyl halides is 3. The van der Waals surface area contributed by atoms with Crippen molar-refractivity contribution in [3.8, 4) is 11.1 Å². The molecule has 0 heterocycles. The van der Waals surface area contributed by atoms with E-state index in [9.17, 15) is 13.2 Å². The van der Waals surface area contributed by atoms with Crippen molar-refractivity contribution in [2.75, 3.05) is 0 Å². The second kappa shape index (κ2) is 6.29. The van der Waals surface area contributed by atoms with E-state index in [0.29, 0.717) is 0 Å². The molecule has 0 radical (unpaired) electrons. The molecule has 0 fully saturated rings. The number of benzene rings is 2. The Morgan fingerprint density at radius 1 is 0.950 bits per heavy atom. The molecule has 0 aromatic heterocycles. The average Bonchev–Trinajstić information content (AvgIpc) is 2.38. The lowest BCUT2D eigenvalue weighted by Crippen LogP contribution is -2.05. The van der Waals surface area contributed by atoms with E-state index in [1.807, 2.05) is 31.2 Å². The van der Waals surface area contributed by atoms with E-state index in [0.717, 1.165) is 28.8 Å². The third kappa shape index (κ3) is 3.74. The second-order valence-corrected chi connectivity index (χ2v) is 4.49. The quantitative estimate of drug-likeness (QED) is 0.846. The highest BCUT2D eigenvalue weighted by Gasteiger charge is 2.29. The molecule has 0 aliphatic heterocycles. The van der Waals surface area contributed by atoms with E-state index in [1.54, 1.807) is 0 Å². The molecule has 0 bridgehead atoms. The number of hydrogen-bond acceptors (Lipinski definition) is 1. The van der Waals surface area contributed by atoms with Crippen molar-refractivity contribution in [2.45, 2.75) is 19.1 Å². The van der Waals surface area contributed by atoms with Gasteiger partial charge in [0.2, 0.25) is 0 Å². The molecule has 0 saturated carbocycles. The molecule has 108 valence electrons. The monoisotopic (exact) mass is 301 g/mol. The van der Waals surface area contributed by atoms with Crippen molar-refractivity contribution >= 4 is 12.4 Å².